The van der Waals surface area contributed by atoms with Gasteiger partial charge in [0.15, 0.2) is 0 Å². The minimum Gasteiger partial charge on any atom is -0.330 e. The fourth-order valence-corrected chi connectivity index (χ4v) is 1.85. The Morgan fingerprint density at radius 2 is 1.42 bits per heavy atom. The lowest BCUT2D eigenvalue weighted by Crippen LogP contribution is -2.31. The third kappa shape index (κ3) is 4.73. The number of nitrogens with two attached hydrogens (primary N) is 2. The van der Waals surface area contributed by atoms with Gasteiger partial charge < -0.3 is 11.5 Å². The molecular weight excluding hydrogens is 148 g/mol. The van der Waals surface area contributed by atoms with Crippen molar-refractivity contribution in [2.45, 2.75) is 40.5 Å². The summed E-state index contributed by atoms with van der Waals surface area (Å²) in [6, 6.07) is 0. The minimum absolute atomic E-state index is 0.249. The van der Waals surface area contributed by atoms with Crippen molar-refractivity contribution in [1.82, 2.24) is 0 Å². The second-order valence-electron chi connectivity index (χ2n) is 5.25. The molecule has 0 aliphatic heterocycles. The molecule has 0 atom stereocenters. The van der Waals surface area contributed by atoms with Gasteiger partial charge in [0.25, 0.3) is 0 Å². The normalized spacial score (nSPS) is 13.5. The molecule has 0 spiro atoms. The van der Waals surface area contributed by atoms with Crippen molar-refractivity contribution >= 4 is 0 Å². The van der Waals surface area contributed by atoms with Gasteiger partial charge in [0.2, 0.25) is 0 Å². The molecule has 0 aromatic carbocycles. The zero-order valence-electron chi connectivity index (χ0n) is 8.98. The molecule has 0 aromatic heterocycles. The Kier molecular flexibility index (Phi) is 4.21. The molecule has 0 aromatic rings. The summed E-state index contributed by atoms with van der Waals surface area (Å²) >= 11 is 0. The molecular formula is C10H24N2. The summed E-state index contributed by atoms with van der Waals surface area (Å²) in [4.78, 5) is 0. The number of rotatable bonds is 5. The molecule has 0 saturated heterocycles. The second kappa shape index (κ2) is 4.24. The predicted octanol–water partition coefficient (Wildman–Crippen LogP) is 1.74. The zero-order valence-corrected chi connectivity index (χ0v) is 8.98. The van der Waals surface area contributed by atoms with Gasteiger partial charge in [-0.05, 0) is 36.8 Å². The quantitative estimate of drug-likeness (QED) is 0.663. The topological polar surface area (TPSA) is 52.0 Å². The fourth-order valence-electron chi connectivity index (χ4n) is 1.85. The first-order valence-corrected chi connectivity index (χ1v) is 4.73. The summed E-state index contributed by atoms with van der Waals surface area (Å²) in [5.41, 5.74) is 11.8. The summed E-state index contributed by atoms with van der Waals surface area (Å²) in [7, 11) is 0. The molecule has 4 N–H and O–H groups in total. The van der Waals surface area contributed by atoms with Crippen LogP contribution in [0.4, 0.5) is 0 Å². The maximum absolute atomic E-state index is 5.68. The van der Waals surface area contributed by atoms with Crippen LogP contribution in [-0.2, 0) is 0 Å². The lowest BCUT2D eigenvalue weighted by atomic mass is 9.73. The predicted molar refractivity (Wildman–Crippen MR) is 54.9 cm³/mol. The van der Waals surface area contributed by atoms with Gasteiger partial charge in [-0.1, -0.05) is 27.7 Å². The van der Waals surface area contributed by atoms with E-state index >= 15 is 0 Å². The van der Waals surface area contributed by atoms with Crippen molar-refractivity contribution in [1.29, 1.82) is 0 Å². The summed E-state index contributed by atoms with van der Waals surface area (Å²) in [5.74, 6) is 0. The van der Waals surface area contributed by atoms with Crippen LogP contribution in [0.2, 0.25) is 0 Å². The van der Waals surface area contributed by atoms with Gasteiger partial charge in [0.1, 0.15) is 0 Å². The standard InChI is InChI=1S/C10H24N2/c1-9(2,5-6-11)7-10(3,4)8-12/h5-8,11-12H2,1-4H3. The highest BCUT2D eigenvalue weighted by atomic mass is 14.6. The highest BCUT2D eigenvalue weighted by molar-refractivity contribution is 4.79. The van der Waals surface area contributed by atoms with Crippen LogP contribution in [0, 0.1) is 10.8 Å². The summed E-state index contributed by atoms with van der Waals surface area (Å²) < 4.78 is 0. The molecule has 2 heteroatoms. The lowest BCUT2D eigenvalue weighted by Gasteiger charge is -2.33. The molecule has 0 amide bonds. The highest BCUT2D eigenvalue weighted by Gasteiger charge is 2.26. The maximum Gasteiger partial charge on any atom is -0.00256 e. The molecule has 0 bridgehead atoms. The van der Waals surface area contributed by atoms with Crippen LogP contribution in [0.3, 0.4) is 0 Å². The monoisotopic (exact) mass is 172 g/mol. The van der Waals surface area contributed by atoms with Crippen molar-refractivity contribution in [3.8, 4) is 0 Å². The van der Waals surface area contributed by atoms with Gasteiger partial charge in [0.05, 0.1) is 0 Å². The van der Waals surface area contributed by atoms with E-state index in [1.165, 1.54) is 0 Å². The van der Waals surface area contributed by atoms with Gasteiger partial charge in [-0.2, -0.15) is 0 Å². The van der Waals surface area contributed by atoms with E-state index in [9.17, 15) is 0 Å². The molecule has 0 aliphatic carbocycles. The molecule has 0 radical (unpaired) electrons. The van der Waals surface area contributed by atoms with Crippen LogP contribution in [0.25, 0.3) is 0 Å². The molecule has 0 heterocycles. The van der Waals surface area contributed by atoms with Crippen LogP contribution >= 0.6 is 0 Å². The Morgan fingerprint density at radius 1 is 0.917 bits per heavy atom. The zero-order chi connectivity index (χ0) is 9.83. The summed E-state index contributed by atoms with van der Waals surface area (Å²) in [6.07, 6.45) is 2.23. The molecule has 0 saturated carbocycles. The van der Waals surface area contributed by atoms with Crippen molar-refractivity contribution in [3.63, 3.8) is 0 Å². The number of hydrogen-bond acceptors (Lipinski definition) is 2. The van der Waals surface area contributed by atoms with Crippen LogP contribution < -0.4 is 11.5 Å². The van der Waals surface area contributed by atoms with Crippen LogP contribution in [0.5, 0.6) is 0 Å². The molecule has 0 rings (SSSR count). The van der Waals surface area contributed by atoms with Gasteiger partial charge >= 0.3 is 0 Å². The average molecular weight is 172 g/mol. The van der Waals surface area contributed by atoms with Crippen LogP contribution in [0.1, 0.15) is 40.5 Å². The first kappa shape index (κ1) is 11.9. The molecule has 0 fully saturated rings. The average Bonchev–Trinajstić information content (AvgIpc) is 1.85. The molecule has 2 nitrogen and oxygen atoms in total. The van der Waals surface area contributed by atoms with E-state index in [-0.39, 0.29) is 5.41 Å². The molecule has 0 unspecified atom stereocenters. The maximum atomic E-state index is 5.68. The van der Waals surface area contributed by atoms with E-state index in [2.05, 4.69) is 27.7 Å². The van der Waals surface area contributed by atoms with Crippen molar-refractivity contribution in [3.05, 3.63) is 0 Å². The minimum atomic E-state index is 0.249. The largest absolute Gasteiger partial charge is 0.330 e. The SMILES string of the molecule is CC(C)(CN)CC(C)(C)CCN. The Labute approximate surface area is 76.7 Å². The number of hydrogen-bond donors (Lipinski definition) is 2. The van der Waals surface area contributed by atoms with Crippen molar-refractivity contribution in [2.75, 3.05) is 13.1 Å². The molecule has 74 valence electrons. The summed E-state index contributed by atoms with van der Waals surface area (Å²) in [5, 5.41) is 0. The Balaban J connectivity index is 4.04. The van der Waals surface area contributed by atoms with Gasteiger partial charge in [-0.3, -0.25) is 0 Å². The van der Waals surface area contributed by atoms with E-state index in [1.807, 2.05) is 0 Å². The van der Waals surface area contributed by atoms with Crippen molar-refractivity contribution < 1.29 is 0 Å². The first-order chi connectivity index (χ1) is 5.33. The van der Waals surface area contributed by atoms with Crippen LogP contribution in [-0.4, -0.2) is 13.1 Å². The summed E-state index contributed by atoms with van der Waals surface area (Å²) in [6.45, 7) is 10.5. The van der Waals surface area contributed by atoms with Gasteiger partial charge in [-0.15, -0.1) is 0 Å². The van der Waals surface area contributed by atoms with E-state index in [0.29, 0.717) is 5.41 Å². The van der Waals surface area contributed by atoms with E-state index in [0.717, 1.165) is 25.9 Å². The van der Waals surface area contributed by atoms with Crippen LogP contribution in [0.15, 0.2) is 0 Å². The second-order valence-corrected chi connectivity index (χ2v) is 5.25. The van der Waals surface area contributed by atoms with Gasteiger partial charge in [0, 0.05) is 0 Å². The van der Waals surface area contributed by atoms with E-state index in [4.69, 9.17) is 11.5 Å². The molecule has 0 aliphatic rings. The first-order valence-electron chi connectivity index (χ1n) is 4.73. The third-order valence-corrected chi connectivity index (χ3v) is 2.33. The van der Waals surface area contributed by atoms with E-state index < -0.39 is 0 Å². The van der Waals surface area contributed by atoms with Gasteiger partial charge in [-0.25, -0.2) is 0 Å². The smallest absolute Gasteiger partial charge is 0.00256 e. The fraction of sp³-hybridized carbons (Fsp3) is 1.00. The molecule has 12 heavy (non-hydrogen) atoms. The van der Waals surface area contributed by atoms with Crippen molar-refractivity contribution in [2.24, 2.45) is 22.3 Å². The Bertz CT molecular complexity index is 128. The Morgan fingerprint density at radius 3 is 1.75 bits per heavy atom. The lowest BCUT2D eigenvalue weighted by molar-refractivity contribution is 0.191. The highest BCUT2D eigenvalue weighted by Crippen LogP contribution is 2.34. The third-order valence-electron chi connectivity index (χ3n) is 2.33. The Hall–Kier alpha value is -0.0800. The van der Waals surface area contributed by atoms with E-state index in [1.54, 1.807) is 0 Å².